The summed E-state index contributed by atoms with van der Waals surface area (Å²) in [5, 5.41) is 0. The number of hydrogen-bond donors (Lipinski definition) is 0. The Hall–Kier alpha value is 1.79. The van der Waals surface area contributed by atoms with E-state index in [0.29, 0.717) is 0 Å². The first-order valence-electron chi connectivity index (χ1n) is 0. The summed E-state index contributed by atoms with van der Waals surface area (Å²) in [4.78, 5) is 0. The van der Waals surface area contributed by atoms with Crippen molar-refractivity contribution in [2.24, 2.45) is 0 Å². The normalized spacial score (nSPS) is 0. The molecular formula is H6Cl3NaO2. The van der Waals surface area contributed by atoms with E-state index in [0.717, 1.165) is 0 Å². The smallest absolute Gasteiger partial charge is 1.00 e. The van der Waals surface area contributed by atoms with Crippen molar-refractivity contribution in [3.63, 3.8) is 0 Å². The molecule has 0 aliphatic rings. The fourth-order valence-corrected chi connectivity index (χ4v) is 0. The summed E-state index contributed by atoms with van der Waals surface area (Å²) in [7, 11) is 0. The van der Waals surface area contributed by atoms with E-state index in [2.05, 4.69) is 0 Å². The first-order valence-corrected chi connectivity index (χ1v) is 0. The van der Waals surface area contributed by atoms with Crippen LogP contribution in [0.4, 0.5) is 0 Å². The minimum absolute atomic E-state index is 0. The average molecular weight is 167 g/mol. The Labute approximate surface area is 77.2 Å². The molecule has 0 aromatic heterocycles. The number of hydrogen-bond acceptors (Lipinski definition) is 0. The first kappa shape index (κ1) is 112. The molecule has 4 N–H and O–H groups in total. The van der Waals surface area contributed by atoms with E-state index in [-0.39, 0.29) is 77.7 Å². The van der Waals surface area contributed by atoms with Crippen LogP contribution in [0.5, 0.6) is 0 Å². The van der Waals surface area contributed by atoms with E-state index in [4.69, 9.17) is 0 Å². The molecule has 0 saturated heterocycles. The van der Waals surface area contributed by atoms with Gasteiger partial charge in [0.15, 0.2) is 0 Å². The minimum Gasteiger partial charge on any atom is -1.00 e. The number of rotatable bonds is 0. The van der Waals surface area contributed by atoms with E-state index in [1.807, 2.05) is 0 Å². The molecule has 0 aliphatic carbocycles. The van der Waals surface area contributed by atoms with Gasteiger partial charge in [-0.1, -0.05) is 0 Å². The molecule has 0 amide bonds. The average Bonchev–Trinajstić information content (AvgIpc) is 0. The molecule has 0 aromatic rings. The molecule has 6 heteroatoms. The van der Waals surface area contributed by atoms with E-state index < -0.39 is 0 Å². The van der Waals surface area contributed by atoms with Crippen molar-refractivity contribution in [1.29, 1.82) is 0 Å². The van der Waals surface area contributed by atoms with Gasteiger partial charge in [-0.05, 0) is 0 Å². The predicted octanol–water partition coefficient (Wildman–Crippen LogP) is -6.80. The number of halogens is 3. The van der Waals surface area contributed by atoms with E-state index >= 15 is 0 Å². The molecule has 0 aliphatic heterocycles. The van der Waals surface area contributed by atoms with E-state index in [1.54, 1.807) is 0 Å². The third kappa shape index (κ3) is 41.5. The monoisotopic (exact) mass is 166 g/mol. The maximum atomic E-state index is 0. The Morgan fingerprint density at radius 1 is 0.667 bits per heavy atom. The van der Waals surface area contributed by atoms with Crippen LogP contribution in [-0.4, -0.2) is 11.0 Å². The molecule has 0 fully saturated rings. The van der Waals surface area contributed by atoms with Gasteiger partial charge in [0.1, 0.15) is 0 Å². The van der Waals surface area contributed by atoms with Gasteiger partial charge in [-0.25, -0.2) is 0 Å². The van der Waals surface area contributed by atoms with Gasteiger partial charge in [-0.2, -0.15) is 0 Å². The zero-order valence-corrected chi connectivity index (χ0v) is 7.58. The van der Waals surface area contributed by atoms with Gasteiger partial charge in [-0.3, -0.25) is 0 Å². The van der Waals surface area contributed by atoms with Crippen molar-refractivity contribution in [2.75, 3.05) is 0 Å². The molecule has 0 radical (unpaired) electrons. The van der Waals surface area contributed by atoms with Gasteiger partial charge in [0.2, 0.25) is 0 Å². The maximum absolute atomic E-state index is 0. The van der Waals surface area contributed by atoms with Crippen LogP contribution in [0.2, 0.25) is 0 Å². The van der Waals surface area contributed by atoms with E-state index in [1.165, 1.54) is 0 Å². The van der Waals surface area contributed by atoms with Gasteiger partial charge >= 0.3 is 29.6 Å². The molecule has 0 saturated carbocycles. The molecule has 0 spiro atoms. The SMILES string of the molecule is Cl.Cl.O.O.[Cl-].[Na+]. The standard InChI is InChI=1S/3ClH.Na.2H2O/h3*1H;;2*1H2/q;;;+1;;/p-1. The minimum atomic E-state index is 0. The molecule has 0 bridgehead atoms. The topological polar surface area (TPSA) is 63.0 Å². The third-order valence-electron chi connectivity index (χ3n) is 0. The second-order valence-corrected chi connectivity index (χ2v) is 0. The van der Waals surface area contributed by atoms with Gasteiger partial charge < -0.3 is 23.4 Å². The van der Waals surface area contributed by atoms with Gasteiger partial charge in [0, 0.05) is 0 Å². The van der Waals surface area contributed by atoms with Crippen LogP contribution in [0.3, 0.4) is 0 Å². The van der Waals surface area contributed by atoms with Crippen LogP contribution < -0.4 is 42.0 Å². The molecule has 0 rings (SSSR count). The summed E-state index contributed by atoms with van der Waals surface area (Å²) in [5.41, 5.74) is 0. The predicted molar refractivity (Wildman–Crippen MR) is 21.7 cm³/mol. The Balaban J connectivity index is 0. The van der Waals surface area contributed by atoms with Crippen LogP contribution in [0.25, 0.3) is 0 Å². The van der Waals surface area contributed by atoms with Crippen LogP contribution in [0.15, 0.2) is 0 Å². The van der Waals surface area contributed by atoms with E-state index in [9.17, 15) is 0 Å². The van der Waals surface area contributed by atoms with Crippen molar-refractivity contribution < 1.29 is 52.9 Å². The fraction of sp³-hybridized carbons (Fsp3) is 0. The Bertz CT molecular complexity index is 8.75. The molecule has 0 aromatic carbocycles. The summed E-state index contributed by atoms with van der Waals surface area (Å²) in [6.07, 6.45) is 0. The Morgan fingerprint density at radius 3 is 0.667 bits per heavy atom. The molecule has 6 heavy (non-hydrogen) atoms. The second-order valence-electron chi connectivity index (χ2n) is 0. The summed E-state index contributed by atoms with van der Waals surface area (Å²) >= 11 is 0. The van der Waals surface area contributed by atoms with Crippen molar-refractivity contribution in [3.8, 4) is 0 Å². The Morgan fingerprint density at radius 2 is 0.667 bits per heavy atom. The van der Waals surface area contributed by atoms with Crippen LogP contribution >= 0.6 is 24.8 Å². The van der Waals surface area contributed by atoms with Crippen LogP contribution in [0.1, 0.15) is 0 Å². The molecule has 0 heterocycles. The quantitative estimate of drug-likeness (QED) is 0.322. The fourth-order valence-electron chi connectivity index (χ4n) is 0. The largest absolute Gasteiger partial charge is 1.00 e. The van der Waals surface area contributed by atoms with Crippen molar-refractivity contribution in [2.45, 2.75) is 0 Å². The molecule has 0 atom stereocenters. The van der Waals surface area contributed by atoms with Crippen molar-refractivity contribution >= 4 is 24.8 Å². The van der Waals surface area contributed by atoms with Crippen LogP contribution in [0, 0.1) is 0 Å². The molecule has 2 nitrogen and oxygen atoms in total. The summed E-state index contributed by atoms with van der Waals surface area (Å²) in [5.74, 6) is 0. The summed E-state index contributed by atoms with van der Waals surface area (Å²) in [6.45, 7) is 0. The van der Waals surface area contributed by atoms with Gasteiger partial charge in [0.25, 0.3) is 0 Å². The maximum Gasteiger partial charge on any atom is 1.00 e. The van der Waals surface area contributed by atoms with Crippen molar-refractivity contribution in [3.05, 3.63) is 0 Å². The van der Waals surface area contributed by atoms with Crippen molar-refractivity contribution in [1.82, 2.24) is 0 Å². The summed E-state index contributed by atoms with van der Waals surface area (Å²) < 4.78 is 0. The first-order chi connectivity index (χ1) is 0. The molecule has 40 valence electrons. The zero-order valence-electron chi connectivity index (χ0n) is 3.19. The Kier molecular flexibility index (Phi) is 1330. The second kappa shape index (κ2) is 71.0. The van der Waals surface area contributed by atoms with Crippen LogP contribution in [-0.2, 0) is 0 Å². The van der Waals surface area contributed by atoms with Gasteiger partial charge in [-0.15, -0.1) is 24.8 Å². The van der Waals surface area contributed by atoms with Gasteiger partial charge in [0.05, 0.1) is 0 Å². The molecule has 0 unspecified atom stereocenters. The third-order valence-corrected chi connectivity index (χ3v) is 0. The zero-order chi connectivity index (χ0) is 0. The summed E-state index contributed by atoms with van der Waals surface area (Å²) in [6, 6.07) is 0. The molecular weight excluding hydrogens is 161 g/mol.